The molecule has 0 atom stereocenters. The van der Waals surface area contributed by atoms with E-state index in [9.17, 15) is 9.18 Å². The molecule has 3 fully saturated rings. The third-order valence-corrected chi connectivity index (χ3v) is 5.52. The van der Waals surface area contributed by atoms with E-state index in [1.165, 1.54) is 0 Å². The number of carbonyl (C=O) groups excluding carboxylic acids is 1. The predicted molar refractivity (Wildman–Crippen MR) is 74.8 cm³/mol. The van der Waals surface area contributed by atoms with Crippen molar-refractivity contribution in [2.24, 2.45) is 10.8 Å². The van der Waals surface area contributed by atoms with Gasteiger partial charge in [0.2, 0.25) is 0 Å². The van der Waals surface area contributed by atoms with Gasteiger partial charge in [0.15, 0.2) is 10.9 Å². The van der Waals surface area contributed by atoms with Gasteiger partial charge in [0.25, 0.3) is 0 Å². The second kappa shape index (κ2) is 3.79. The van der Waals surface area contributed by atoms with Crippen molar-refractivity contribution in [3.63, 3.8) is 0 Å². The molecule has 3 nitrogen and oxygen atoms in total. The molecule has 0 amide bonds. The van der Waals surface area contributed by atoms with Crippen LogP contribution in [0.25, 0.3) is 0 Å². The second-order valence-electron chi connectivity index (χ2n) is 6.93. The Kier molecular flexibility index (Phi) is 2.64. The van der Waals surface area contributed by atoms with Gasteiger partial charge in [0, 0.05) is 10.8 Å². The number of rotatable bonds is 3. The number of carbonyl (C=O) groups is 1. The average molecular weight is 297 g/mol. The fourth-order valence-electron chi connectivity index (χ4n) is 3.63. The molecule has 4 rings (SSSR count). The highest BCUT2D eigenvalue weighted by Crippen LogP contribution is 2.78. The first-order valence-corrected chi connectivity index (χ1v) is 7.23. The van der Waals surface area contributed by atoms with Gasteiger partial charge in [-0.2, -0.15) is 0 Å². The van der Waals surface area contributed by atoms with Crippen molar-refractivity contribution in [2.45, 2.75) is 52.6 Å². The molecule has 3 aliphatic carbocycles. The zero-order valence-corrected chi connectivity index (χ0v) is 12.9. The maximum absolute atomic E-state index is 14.1. The Balaban J connectivity index is 1.86. The van der Waals surface area contributed by atoms with Crippen LogP contribution in [0.15, 0.2) is 0 Å². The van der Waals surface area contributed by atoms with Crippen LogP contribution in [0.1, 0.15) is 55.0 Å². The molecule has 5 heteroatoms. The summed E-state index contributed by atoms with van der Waals surface area (Å²) >= 11 is 6.06. The van der Waals surface area contributed by atoms with Gasteiger partial charge in [-0.05, 0) is 47.0 Å². The first-order chi connectivity index (χ1) is 9.10. The van der Waals surface area contributed by atoms with Gasteiger partial charge >= 0.3 is 0 Å². The summed E-state index contributed by atoms with van der Waals surface area (Å²) < 4.78 is 14.1. The molecule has 0 aromatic carbocycles. The van der Waals surface area contributed by atoms with Crippen molar-refractivity contribution in [2.75, 3.05) is 0 Å². The maximum atomic E-state index is 14.1. The lowest BCUT2D eigenvalue weighted by atomic mass is 9.30. The van der Waals surface area contributed by atoms with Crippen LogP contribution in [0, 0.1) is 24.7 Å². The molecule has 1 aromatic heterocycles. The topological polar surface area (TPSA) is 42.9 Å². The summed E-state index contributed by atoms with van der Waals surface area (Å²) in [6.45, 7) is 6.82. The number of halogens is 2. The molecular formula is C15H18ClFN2O. The van der Waals surface area contributed by atoms with Gasteiger partial charge in [0.05, 0.1) is 11.4 Å². The lowest BCUT2D eigenvalue weighted by molar-refractivity contribution is -0.237. The monoisotopic (exact) mass is 296 g/mol. The SMILES string of the molecule is Cc1nc(Cl)c(C(=O)C23CC(C(C)(C)F)(C2)C3)nc1C. The summed E-state index contributed by atoms with van der Waals surface area (Å²) in [6, 6.07) is 0. The van der Waals surface area contributed by atoms with Crippen molar-refractivity contribution in [1.29, 1.82) is 0 Å². The van der Waals surface area contributed by atoms with Gasteiger partial charge < -0.3 is 0 Å². The molecule has 1 aromatic rings. The van der Waals surface area contributed by atoms with Gasteiger partial charge in [-0.15, -0.1) is 0 Å². The summed E-state index contributed by atoms with van der Waals surface area (Å²) in [5.74, 6) is -0.0655. The Morgan fingerprint density at radius 3 is 2.20 bits per heavy atom. The molecule has 20 heavy (non-hydrogen) atoms. The van der Waals surface area contributed by atoms with Crippen LogP contribution in [0.3, 0.4) is 0 Å². The molecule has 0 aliphatic heterocycles. The van der Waals surface area contributed by atoms with Crippen LogP contribution >= 0.6 is 11.6 Å². The molecule has 0 radical (unpaired) electrons. The van der Waals surface area contributed by atoms with Crippen molar-refractivity contribution in [3.8, 4) is 0 Å². The Morgan fingerprint density at radius 2 is 1.70 bits per heavy atom. The normalized spacial score (nSPS) is 31.5. The summed E-state index contributed by atoms with van der Waals surface area (Å²) in [5, 5.41) is 0.163. The van der Waals surface area contributed by atoms with E-state index in [2.05, 4.69) is 9.97 Å². The number of hydrogen-bond acceptors (Lipinski definition) is 3. The molecule has 0 unspecified atom stereocenters. The Labute approximate surface area is 123 Å². The van der Waals surface area contributed by atoms with Crippen LogP contribution in [0.2, 0.25) is 5.15 Å². The lowest BCUT2D eigenvalue weighted by Gasteiger charge is -2.72. The van der Waals surface area contributed by atoms with Gasteiger partial charge in [0.1, 0.15) is 11.4 Å². The molecule has 108 valence electrons. The van der Waals surface area contributed by atoms with Crippen molar-refractivity contribution in [1.82, 2.24) is 9.97 Å². The van der Waals surface area contributed by atoms with Gasteiger partial charge in [-0.3, -0.25) is 4.79 Å². The Hall–Kier alpha value is -1.03. The van der Waals surface area contributed by atoms with Crippen LogP contribution in [-0.2, 0) is 0 Å². The van der Waals surface area contributed by atoms with Crippen LogP contribution in [0.4, 0.5) is 4.39 Å². The maximum Gasteiger partial charge on any atom is 0.190 e. The zero-order valence-electron chi connectivity index (χ0n) is 12.2. The lowest BCUT2D eigenvalue weighted by Crippen LogP contribution is -2.71. The minimum Gasteiger partial charge on any atom is -0.292 e. The van der Waals surface area contributed by atoms with Crippen molar-refractivity contribution in [3.05, 3.63) is 22.2 Å². The van der Waals surface area contributed by atoms with Crippen molar-refractivity contribution < 1.29 is 9.18 Å². The molecule has 3 aliphatic rings. The number of alkyl halides is 1. The highest BCUT2D eigenvalue weighted by molar-refractivity contribution is 6.32. The third kappa shape index (κ3) is 1.60. The number of ketones is 1. The highest BCUT2D eigenvalue weighted by atomic mass is 35.5. The standard InChI is InChI=1S/C15H18ClFN2O/c1-8-9(2)19-12(16)10(18-8)11(20)14-5-15(6-14,7-14)13(3,4)17/h5-7H2,1-4H3. The molecule has 3 saturated carbocycles. The quantitative estimate of drug-likeness (QED) is 0.796. The van der Waals surface area contributed by atoms with E-state index < -0.39 is 11.1 Å². The second-order valence-corrected chi connectivity index (χ2v) is 7.28. The smallest absolute Gasteiger partial charge is 0.190 e. The van der Waals surface area contributed by atoms with E-state index in [0.717, 1.165) is 5.69 Å². The fourth-order valence-corrected chi connectivity index (χ4v) is 3.89. The predicted octanol–water partition coefficient (Wildman–Crippen LogP) is 3.85. The summed E-state index contributed by atoms with van der Waals surface area (Å²) in [5.41, 5.74) is -0.297. The average Bonchev–Trinajstić information content (AvgIpc) is 2.16. The number of aryl methyl sites for hydroxylation is 2. The van der Waals surface area contributed by atoms with E-state index in [4.69, 9.17) is 11.6 Å². The van der Waals surface area contributed by atoms with Gasteiger partial charge in [-0.1, -0.05) is 11.6 Å². The molecule has 0 saturated heterocycles. The van der Waals surface area contributed by atoms with E-state index in [0.29, 0.717) is 25.0 Å². The molecule has 1 heterocycles. The van der Waals surface area contributed by atoms with E-state index in [1.807, 2.05) is 13.8 Å². The fraction of sp³-hybridized carbons (Fsp3) is 0.667. The zero-order chi connectivity index (χ0) is 14.9. The number of aromatic nitrogens is 2. The largest absolute Gasteiger partial charge is 0.292 e. The minimum atomic E-state index is -1.23. The molecule has 2 bridgehead atoms. The first kappa shape index (κ1) is 13.9. The van der Waals surface area contributed by atoms with Gasteiger partial charge in [-0.25, -0.2) is 14.4 Å². The molecule has 0 N–H and O–H groups in total. The van der Waals surface area contributed by atoms with Crippen molar-refractivity contribution >= 4 is 17.4 Å². The summed E-state index contributed by atoms with van der Waals surface area (Å²) in [7, 11) is 0. The number of Topliss-reactive ketones (excluding diaryl/α,β-unsaturated/α-hetero) is 1. The van der Waals surface area contributed by atoms with E-state index in [1.54, 1.807) is 13.8 Å². The summed E-state index contributed by atoms with van der Waals surface area (Å²) in [4.78, 5) is 21.1. The minimum absolute atomic E-state index is 0.0655. The third-order valence-electron chi connectivity index (χ3n) is 5.25. The van der Waals surface area contributed by atoms with Crippen LogP contribution < -0.4 is 0 Å². The first-order valence-electron chi connectivity index (χ1n) is 6.85. The highest BCUT2D eigenvalue weighted by Gasteiger charge is 2.76. The Bertz CT molecular complexity index is 601. The molecular weight excluding hydrogens is 279 g/mol. The van der Waals surface area contributed by atoms with Crippen LogP contribution in [-0.4, -0.2) is 21.4 Å². The number of nitrogens with zero attached hydrogens (tertiary/aromatic N) is 2. The molecule has 0 spiro atoms. The number of hydrogen-bond donors (Lipinski definition) is 0. The van der Waals surface area contributed by atoms with E-state index in [-0.39, 0.29) is 22.0 Å². The van der Waals surface area contributed by atoms with Crippen LogP contribution in [0.5, 0.6) is 0 Å². The Morgan fingerprint density at radius 1 is 1.20 bits per heavy atom. The van der Waals surface area contributed by atoms with E-state index >= 15 is 0 Å². The summed E-state index contributed by atoms with van der Waals surface area (Å²) in [6.07, 6.45) is 1.81.